The zero-order chi connectivity index (χ0) is 9.10. The van der Waals surface area contributed by atoms with Gasteiger partial charge in [0, 0.05) is 23.8 Å². The highest BCUT2D eigenvalue weighted by Crippen LogP contribution is 2.18. The Morgan fingerprint density at radius 2 is 2.31 bits per heavy atom. The number of rotatable bonds is 1. The fraction of sp³-hybridized carbons (Fsp3) is 0.444. The van der Waals surface area contributed by atoms with Gasteiger partial charge in [-0.05, 0) is 34.8 Å². The minimum absolute atomic E-state index is 1.03. The summed E-state index contributed by atoms with van der Waals surface area (Å²) in [6, 6.07) is 2.07. The summed E-state index contributed by atoms with van der Waals surface area (Å²) >= 11 is 3.41. The molecule has 2 rings (SSSR count). The molecule has 0 unspecified atom stereocenters. The maximum Gasteiger partial charge on any atom is 0.0714 e. The lowest BCUT2D eigenvalue weighted by Gasteiger charge is -2.29. The van der Waals surface area contributed by atoms with E-state index in [0.717, 1.165) is 23.2 Å². The van der Waals surface area contributed by atoms with Crippen molar-refractivity contribution in [3.63, 3.8) is 0 Å². The van der Waals surface area contributed by atoms with E-state index >= 15 is 0 Å². The number of hydrogen-bond acceptors (Lipinski definition) is 3. The highest BCUT2D eigenvalue weighted by atomic mass is 79.9. The number of halogens is 1. The highest BCUT2D eigenvalue weighted by molar-refractivity contribution is 9.10. The Labute approximate surface area is 86.3 Å². The SMILES string of the molecule is Brc1cncc(N2CCCCN2)c1. The minimum Gasteiger partial charge on any atom is -0.307 e. The summed E-state index contributed by atoms with van der Waals surface area (Å²) in [4.78, 5) is 4.13. The van der Waals surface area contributed by atoms with Crippen molar-refractivity contribution in [3.05, 3.63) is 22.9 Å². The summed E-state index contributed by atoms with van der Waals surface area (Å²) in [5, 5.41) is 2.15. The Morgan fingerprint density at radius 1 is 1.38 bits per heavy atom. The van der Waals surface area contributed by atoms with E-state index in [0.29, 0.717) is 0 Å². The molecule has 3 nitrogen and oxygen atoms in total. The summed E-state index contributed by atoms with van der Waals surface area (Å²) in [5.41, 5.74) is 4.47. The van der Waals surface area contributed by atoms with Crippen LogP contribution >= 0.6 is 15.9 Å². The van der Waals surface area contributed by atoms with Crippen LogP contribution in [0.1, 0.15) is 12.8 Å². The second-order valence-corrected chi connectivity index (χ2v) is 4.04. The fourth-order valence-corrected chi connectivity index (χ4v) is 1.81. The van der Waals surface area contributed by atoms with Gasteiger partial charge in [0.15, 0.2) is 0 Å². The minimum atomic E-state index is 1.03. The first-order chi connectivity index (χ1) is 6.36. The van der Waals surface area contributed by atoms with Crippen LogP contribution in [-0.4, -0.2) is 18.1 Å². The Morgan fingerprint density at radius 3 is 3.00 bits per heavy atom. The maximum atomic E-state index is 4.13. The van der Waals surface area contributed by atoms with Gasteiger partial charge in [0.1, 0.15) is 0 Å². The summed E-state index contributed by atoms with van der Waals surface area (Å²) in [6.07, 6.45) is 6.19. The lowest BCUT2D eigenvalue weighted by molar-refractivity contribution is 0.511. The lowest BCUT2D eigenvalue weighted by Crippen LogP contribution is -2.43. The fourth-order valence-electron chi connectivity index (χ4n) is 1.46. The number of aromatic nitrogens is 1. The third-order valence-corrected chi connectivity index (χ3v) is 2.55. The third kappa shape index (κ3) is 2.19. The van der Waals surface area contributed by atoms with Crippen molar-refractivity contribution in [2.24, 2.45) is 0 Å². The van der Waals surface area contributed by atoms with Crippen LogP contribution in [0.5, 0.6) is 0 Å². The molecule has 1 N–H and O–H groups in total. The zero-order valence-corrected chi connectivity index (χ0v) is 8.92. The Bertz CT molecular complexity index is 284. The van der Waals surface area contributed by atoms with Crippen LogP contribution in [0.4, 0.5) is 5.69 Å². The summed E-state index contributed by atoms with van der Waals surface area (Å²) in [5.74, 6) is 0. The number of hydrazine groups is 1. The lowest BCUT2D eigenvalue weighted by atomic mass is 10.2. The van der Waals surface area contributed by atoms with Gasteiger partial charge in [-0.15, -0.1) is 0 Å². The van der Waals surface area contributed by atoms with Gasteiger partial charge in [0.25, 0.3) is 0 Å². The van der Waals surface area contributed by atoms with E-state index in [1.807, 2.05) is 6.20 Å². The van der Waals surface area contributed by atoms with Crippen molar-refractivity contribution < 1.29 is 0 Å². The second-order valence-electron chi connectivity index (χ2n) is 3.13. The first-order valence-corrected chi connectivity index (χ1v) is 5.27. The number of pyridine rings is 1. The normalized spacial score (nSPS) is 17.5. The topological polar surface area (TPSA) is 28.2 Å². The van der Waals surface area contributed by atoms with Gasteiger partial charge < -0.3 is 5.01 Å². The predicted octanol–water partition coefficient (Wildman–Crippen LogP) is 1.95. The highest BCUT2D eigenvalue weighted by Gasteiger charge is 2.10. The molecule has 1 fully saturated rings. The summed E-state index contributed by atoms with van der Waals surface area (Å²) in [6.45, 7) is 2.13. The van der Waals surface area contributed by atoms with Gasteiger partial charge in [-0.1, -0.05) is 0 Å². The first kappa shape index (κ1) is 8.97. The largest absolute Gasteiger partial charge is 0.307 e. The van der Waals surface area contributed by atoms with Crippen molar-refractivity contribution in [2.45, 2.75) is 12.8 Å². The molecule has 13 heavy (non-hydrogen) atoms. The van der Waals surface area contributed by atoms with Crippen LogP contribution in [0.2, 0.25) is 0 Å². The molecule has 1 aliphatic rings. The van der Waals surface area contributed by atoms with Crippen LogP contribution in [0.15, 0.2) is 22.9 Å². The Balaban J connectivity index is 2.14. The van der Waals surface area contributed by atoms with E-state index in [9.17, 15) is 0 Å². The van der Waals surface area contributed by atoms with E-state index in [4.69, 9.17) is 0 Å². The predicted molar refractivity (Wildman–Crippen MR) is 56.5 cm³/mol. The molecule has 70 valence electrons. The van der Waals surface area contributed by atoms with E-state index in [2.05, 4.69) is 37.4 Å². The average Bonchev–Trinajstić information content (AvgIpc) is 2.19. The van der Waals surface area contributed by atoms with Gasteiger partial charge in [0.05, 0.1) is 11.9 Å². The standard InChI is InChI=1S/C9H12BrN3/c10-8-5-9(7-11-6-8)13-4-2-1-3-12-13/h5-7,12H,1-4H2. The van der Waals surface area contributed by atoms with Gasteiger partial charge >= 0.3 is 0 Å². The molecule has 1 aromatic heterocycles. The molecule has 1 aromatic rings. The molecule has 0 atom stereocenters. The van der Waals surface area contributed by atoms with Crippen molar-refractivity contribution >= 4 is 21.6 Å². The maximum absolute atomic E-state index is 4.13. The molecule has 0 spiro atoms. The van der Waals surface area contributed by atoms with Crippen LogP contribution in [-0.2, 0) is 0 Å². The molecule has 0 aromatic carbocycles. The Kier molecular flexibility index (Phi) is 2.80. The molecular weight excluding hydrogens is 230 g/mol. The molecule has 0 bridgehead atoms. The average molecular weight is 242 g/mol. The van der Waals surface area contributed by atoms with Crippen LogP contribution < -0.4 is 10.4 Å². The molecule has 0 saturated carbocycles. The van der Waals surface area contributed by atoms with Crippen LogP contribution in [0.25, 0.3) is 0 Å². The van der Waals surface area contributed by atoms with Crippen LogP contribution in [0, 0.1) is 0 Å². The third-order valence-electron chi connectivity index (χ3n) is 2.11. The summed E-state index contributed by atoms with van der Waals surface area (Å²) in [7, 11) is 0. The van der Waals surface area contributed by atoms with E-state index in [-0.39, 0.29) is 0 Å². The number of hydrogen-bond donors (Lipinski definition) is 1. The van der Waals surface area contributed by atoms with E-state index in [1.165, 1.54) is 12.8 Å². The monoisotopic (exact) mass is 241 g/mol. The Hall–Kier alpha value is -0.610. The molecular formula is C9H12BrN3. The van der Waals surface area contributed by atoms with Gasteiger partial charge in [-0.25, -0.2) is 5.43 Å². The zero-order valence-electron chi connectivity index (χ0n) is 7.33. The molecule has 4 heteroatoms. The molecule has 2 heterocycles. The quantitative estimate of drug-likeness (QED) is 0.815. The summed E-state index contributed by atoms with van der Waals surface area (Å²) < 4.78 is 1.03. The number of nitrogens with one attached hydrogen (secondary N) is 1. The van der Waals surface area contributed by atoms with Crippen molar-refractivity contribution in [1.29, 1.82) is 0 Å². The number of anilines is 1. The number of nitrogens with zero attached hydrogens (tertiary/aromatic N) is 2. The first-order valence-electron chi connectivity index (χ1n) is 4.48. The molecule has 0 radical (unpaired) electrons. The van der Waals surface area contributed by atoms with Gasteiger partial charge in [-0.2, -0.15) is 0 Å². The van der Waals surface area contributed by atoms with Gasteiger partial charge in [0.2, 0.25) is 0 Å². The van der Waals surface area contributed by atoms with Crippen LogP contribution in [0.3, 0.4) is 0 Å². The molecule has 1 saturated heterocycles. The smallest absolute Gasteiger partial charge is 0.0714 e. The molecule has 0 amide bonds. The molecule has 0 aliphatic carbocycles. The van der Waals surface area contributed by atoms with Crippen molar-refractivity contribution in [3.8, 4) is 0 Å². The van der Waals surface area contributed by atoms with E-state index in [1.54, 1.807) is 6.20 Å². The van der Waals surface area contributed by atoms with Crippen molar-refractivity contribution in [2.75, 3.05) is 18.1 Å². The second kappa shape index (κ2) is 4.07. The van der Waals surface area contributed by atoms with E-state index < -0.39 is 0 Å². The molecule has 1 aliphatic heterocycles. The van der Waals surface area contributed by atoms with Crippen molar-refractivity contribution in [1.82, 2.24) is 10.4 Å². The van der Waals surface area contributed by atoms with Gasteiger partial charge in [-0.3, -0.25) is 4.98 Å².